The number of rotatable bonds is 0. The second-order valence-corrected chi connectivity index (χ2v) is 2.52. The Hall–Kier alpha value is -1.51. The van der Waals surface area contributed by atoms with Gasteiger partial charge in [0.15, 0.2) is 0 Å². The Morgan fingerprint density at radius 1 is 1.31 bits per heavy atom. The van der Waals surface area contributed by atoms with Crippen LogP contribution in [0.1, 0.15) is 19.5 Å². The van der Waals surface area contributed by atoms with Crippen molar-refractivity contribution in [3.63, 3.8) is 0 Å². The van der Waals surface area contributed by atoms with Gasteiger partial charge >= 0.3 is 0 Å². The number of H-pyrrole nitrogens is 1. The number of fused-ring (bicyclic) bond motifs is 1. The maximum atomic E-state index is 11.1. The Labute approximate surface area is 77.0 Å². The van der Waals surface area contributed by atoms with Crippen LogP contribution < -0.4 is 5.56 Å². The minimum absolute atomic E-state index is 0.0411. The van der Waals surface area contributed by atoms with E-state index in [1.54, 1.807) is 6.20 Å². The lowest BCUT2D eigenvalue weighted by atomic mass is 10.5. The topological polar surface area (TPSA) is 37.3 Å². The summed E-state index contributed by atoms with van der Waals surface area (Å²) in [6.07, 6.45) is 3.48. The highest BCUT2D eigenvalue weighted by molar-refractivity contribution is 5.46. The predicted molar refractivity (Wildman–Crippen MR) is 54.1 cm³/mol. The lowest BCUT2D eigenvalue weighted by Gasteiger charge is -1.93. The van der Waals surface area contributed by atoms with E-state index in [0.717, 1.165) is 5.69 Å². The van der Waals surface area contributed by atoms with E-state index in [9.17, 15) is 4.79 Å². The first kappa shape index (κ1) is 9.58. The summed E-state index contributed by atoms with van der Waals surface area (Å²) in [4.78, 5) is 13.7. The van der Waals surface area contributed by atoms with E-state index >= 15 is 0 Å². The van der Waals surface area contributed by atoms with Crippen LogP contribution in [-0.2, 0) is 0 Å². The van der Waals surface area contributed by atoms with E-state index < -0.39 is 0 Å². The van der Waals surface area contributed by atoms with Gasteiger partial charge in [-0.15, -0.1) is 0 Å². The Morgan fingerprint density at radius 3 is 2.62 bits per heavy atom. The summed E-state index contributed by atoms with van der Waals surface area (Å²) in [5.41, 5.74) is 1.73. The molecule has 0 fully saturated rings. The van der Waals surface area contributed by atoms with Gasteiger partial charge in [0, 0.05) is 18.1 Å². The molecule has 0 radical (unpaired) electrons. The van der Waals surface area contributed by atoms with Crippen molar-refractivity contribution in [3.8, 4) is 0 Å². The van der Waals surface area contributed by atoms with Crippen molar-refractivity contribution in [1.29, 1.82) is 0 Å². The maximum Gasteiger partial charge on any atom is 0.272 e. The van der Waals surface area contributed by atoms with Gasteiger partial charge in [-0.2, -0.15) is 0 Å². The molecule has 0 unspecified atom stereocenters. The molecule has 2 aromatic heterocycles. The van der Waals surface area contributed by atoms with Crippen LogP contribution in [0.2, 0.25) is 0 Å². The van der Waals surface area contributed by atoms with Gasteiger partial charge < -0.3 is 9.38 Å². The van der Waals surface area contributed by atoms with Gasteiger partial charge in [0.2, 0.25) is 0 Å². The standard InChI is InChI=1S/C8H8N2O.C2H6/c1-6-2-3-7-8(11)9-4-5-10(6)7;1-2/h2-5H,1H3,(H,9,11);1-2H3. The molecule has 0 spiro atoms. The fourth-order valence-corrected chi connectivity index (χ4v) is 1.19. The average Bonchev–Trinajstić information content (AvgIpc) is 2.53. The van der Waals surface area contributed by atoms with Crippen LogP contribution in [-0.4, -0.2) is 9.38 Å². The molecule has 0 aliphatic carbocycles. The molecule has 2 rings (SSSR count). The fourth-order valence-electron chi connectivity index (χ4n) is 1.19. The van der Waals surface area contributed by atoms with Crippen molar-refractivity contribution in [2.45, 2.75) is 20.8 Å². The van der Waals surface area contributed by atoms with Crippen LogP contribution in [0.3, 0.4) is 0 Å². The van der Waals surface area contributed by atoms with Gasteiger partial charge in [0.1, 0.15) is 5.52 Å². The van der Waals surface area contributed by atoms with E-state index in [1.165, 1.54) is 0 Å². The van der Waals surface area contributed by atoms with E-state index in [4.69, 9.17) is 0 Å². The van der Waals surface area contributed by atoms with E-state index in [1.807, 2.05) is 43.5 Å². The summed E-state index contributed by atoms with van der Waals surface area (Å²) >= 11 is 0. The Balaban J connectivity index is 0.000000396. The number of hydrogen-bond donors (Lipinski definition) is 1. The number of hydrogen-bond acceptors (Lipinski definition) is 1. The SMILES string of the molecule is CC.Cc1ccc2c(=O)[nH]ccn12. The lowest BCUT2D eigenvalue weighted by molar-refractivity contribution is 1.06. The molecule has 0 bridgehead atoms. The van der Waals surface area contributed by atoms with Crippen LogP contribution in [0.25, 0.3) is 5.52 Å². The quantitative estimate of drug-likeness (QED) is 0.658. The first-order valence-electron chi connectivity index (χ1n) is 4.44. The summed E-state index contributed by atoms with van der Waals surface area (Å²) in [6.45, 7) is 5.96. The molecule has 70 valence electrons. The first-order chi connectivity index (χ1) is 6.29. The molecule has 3 heteroatoms. The number of aryl methyl sites for hydroxylation is 1. The number of aromatic nitrogens is 2. The molecular formula is C10H14N2O. The third-order valence-corrected chi connectivity index (χ3v) is 1.79. The van der Waals surface area contributed by atoms with Crippen molar-refractivity contribution in [2.24, 2.45) is 0 Å². The molecule has 0 saturated carbocycles. The molecule has 0 atom stereocenters. The van der Waals surface area contributed by atoms with Crippen LogP contribution in [0, 0.1) is 6.92 Å². The van der Waals surface area contributed by atoms with E-state index in [2.05, 4.69) is 4.98 Å². The highest BCUT2D eigenvalue weighted by Gasteiger charge is 1.97. The molecule has 2 heterocycles. The molecule has 0 aromatic carbocycles. The Kier molecular flexibility index (Phi) is 2.90. The summed E-state index contributed by atoms with van der Waals surface area (Å²) in [5.74, 6) is 0. The number of aromatic amines is 1. The van der Waals surface area contributed by atoms with Gasteiger partial charge in [-0.3, -0.25) is 4.79 Å². The van der Waals surface area contributed by atoms with Gasteiger partial charge in [-0.1, -0.05) is 13.8 Å². The van der Waals surface area contributed by atoms with Crippen molar-refractivity contribution in [2.75, 3.05) is 0 Å². The van der Waals surface area contributed by atoms with Crippen molar-refractivity contribution in [1.82, 2.24) is 9.38 Å². The van der Waals surface area contributed by atoms with Crippen molar-refractivity contribution >= 4 is 5.52 Å². The maximum absolute atomic E-state index is 11.1. The molecule has 0 saturated heterocycles. The summed E-state index contributed by atoms with van der Waals surface area (Å²) in [7, 11) is 0. The zero-order chi connectivity index (χ0) is 9.84. The molecule has 0 aliphatic heterocycles. The summed E-state index contributed by atoms with van der Waals surface area (Å²) in [5, 5.41) is 0. The second-order valence-electron chi connectivity index (χ2n) is 2.52. The molecule has 0 aliphatic rings. The smallest absolute Gasteiger partial charge is 0.272 e. The monoisotopic (exact) mass is 178 g/mol. The molecule has 3 nitrogen and oxygen atoms in total. The van der Waals surface area contributed by atoms with Crippen molar-refractivity contribution < 1.29 is 0 Å². The van der Waals surface area contributed by atoms with Crippen molar-refractivity contribution in [3.05, 3.63) is 40.6 Å². The normalized spacial score (nSPS) is 9.46. The van der Waals surface area contributed by atoms with Crippen LogP contribution in [0.5, 0.6) is 0 Å². The molecule has 1 N–H and O–H groups in total. The van der Waals surface area contributed by atoms with Crippen LogP contribution >= 0.6 is 0 Å². The second kappa shape index (κ2) is 3.94. The highest BCUT2D eigenvalue weighted by Crippen LogP contribution is 2.02. The zero-order valence-corrected chi connectivity index (χ0v) is 8.16. The number of nitrogens with zero attached hydrogens (tertiary/aromatic N) is 1. The Morgan fingerprint density at radius 2 is 2.00 bits per heavy atom. The van der Waals surface area contributed by atoms with Crippen LogP contribution in [0.15, 0.2) is 29.3 Å². The van der Waals surface area contributed by atoms with Gasteiger partial charge in [0.25, 0.3) is 5.56 Å². The molecular weight excluding hydrogens is 164 g/mol. The summed E-state index contributed by atoms with van der Waals surface area (Å²) < 4.78 is 1.86. The van der Waals surface area contributed by atoms with E-state index in [0.29, 0.717) is 5.52 Å². The minimum Gasteiger partial charge on any atom is -0.326 e. The lowest BCUT2D eigenvalue weighted by Crippen LogP contribution is -2.07. The van der Waals surface area contributed by atoms with E-state index in [-0.39, 0.29) is 5.56 Å². The molecule has 0 amide bonds. The van der Waals surface area contributed by atoms with Gasteiger partial charge in [-0.25, -0.2) is 0 Å². The van der Waals surface area contributed by atoms with Crippen LogP contribution in [0.4, 0.5) is 0 Å². The number of nitrogens with one attached hydrogen (secondary N) is 1. The van der Waals surface area contributed by atoms with Gasteiger partial charge in [0.05, 0.1) is 0 Å². The summed E-state index contributed by atoms with van der Waals surface area (Å²) in [6, 6.07) is 3.73. The zero-order valence-electron chi connectivity index (χ0n) is 8.16. The van der Waals surface area contributed by atoms with Gasteiger partial charge in [-0.05, 0) is 19.1 Å². The predicted octanol–water partition coefficient (Wildman–Crippen LogP) is 1.96. The minimum atomic E-state index is -0.0411. The fraction of sp³-hybridized carbons (Fsp3) is 0.300. The average molecular weight is 178 g/mol. The third-order valence-electron chi connectivity index (χ3n) is 1.79. The molecule has 2 aromatic rings. The first-order valence-corrected chi connectivity index (χ1v) is 4.44. The largest absolute Gasteiger partial charge is 0.326 e. The third kappa shape index (κ3) is 1.64. The Bertz CT molecular complexity index is 439. The highest BCUT2D eigenvalue weighted by atomic mass is 16.1. The molecule has 13 heavy (non-hydrogen) atoms.